The summed E-state index contributed by atoms with van der Waals surface area (Å²) in [7, 11) is 1.79. The molecule has 0 aliphatic heterocycles. The van der Waals surface area contributed by atoms with Gasteiger partial charge in [0.25, 0.3) is 5.91 Å². The Labute approximate surface area is 108 Å². The molecule has 1 aromatic carbocycles. The maximum absolute atomic E-state index is 12.4. The lowest BCUT2D eigenvalue weighted by Crippen LogP contribution is -2.34. The van der Waals surface area contributed by atoms with Crippen LogP contribution in [0.3, 0.4) is 0 Å². The van der Waals surface area contributed by atoms with Crippen molar-refractivity contribution in [2.75, 3.05) is 25.5 Å². The molecule has 0 heterocycles. The van der Waals surface area contributed by atoms with Crippen LogP contribution in [0.25, 0.3) is 0 Å². The van der Waals surface area contributed by atoms with Crippen molar-refractivity contribution >= 4 is 11.6 Å². The molecule has 18 heavy (non-hydrogen) atoms. The molecule has 4 heteroatoms. The Balaban J connectivity index is 2.93. The lowest BCUT2D eigenvalue weighted by atomic mass is 10.1. The third-order valence-corrected chi connectivity index (χ3v) is 2.81. The zero-order valence-electron chi connectivity index (χ0n) is 11.1. The number of hydrogen-bond acceptors (Lipinski definition) is 3. The number of rotatable bonds is 5. The van der Waals surface area contributed by atoms with Crippen LogP contribution in [0.5, 0.6) is 0 Å². The average molecular weight is 245 g/mol. The Morgan fingerprint density at radius 3 is 2.72 bits per heavy atom. The van der Waals surface area contributed by atoms with Crippen molar-refractivity contribution in [1.82, 2.24) is 4.90 Å². The van der Waals surface area contributed by atoms with Crippen molar-refractivity contribution in [2.45, 2.75) is 13.8 Å². The summed E-state index contributed by atoms with van der Waals surface area (Å²) in [5, 5.41) is 11.8. The molecule has 0 spiro atoms. The standard InChI is InChI=1S/C14H19N3O/c1-4-17(10-11(2)9-15)14(18)12-7-5-6-8-13(12)16-3/h5-8,11,16H,4,10H2,1-3H3. The first-order valence-corrected chi connectivity index (χ1v) is 6.09. The Bertz CT molecular complexity index is 451. The van der Waals surface area contributed by atoms with Crippen LogP contribution in [0.1, 0.15) is 24.2 Å². The largest absolute Gasteiger partial charge is 0.387 e. The molecule has 0 radical (unpaired) electrons. The predicted octanol–water partition coefficient (Wildman–Crippen LogP) is 2.35. The quantitative estimate of drug-likeness (QED) is 0.866. The summed E-state index contributed by atoms with van der Waals surface area (Å²) < 4.78 is 0. The number of anilines is 1. The van der Waals surface area contributed by atoms with E-state index in [1.54, 1.807) is 18.0 Å². The van der Waals surface area contributed by atoms with Gasteiger partial charge < -0.3 is 10.2 Å². The molecule has 1 unspecified atom stereocenters. The molecule has 1 atom stereocenters. The van der Waals surface area contributed by atoms with Gasteiger partial charge in [-0.15, -0.1) is 0 Å². The van der Waals surface area contributed by atoms with E-state index in [2.05, 4.69) is 11.4 Å². The van der Waals surface area contributed by atoms with Crippen LogP contribution in [0.15, 0.2) is 24.3 Å². The highest BCUT2D eigenvalue weighted by Gasteiger charge is 2.18. The van der Waals surface area contributed by atoms with E-state index in [0.717, 1.165) is 5.69 Å². The molecule has 0 aliphatic carbocycles. The summed E-state index contributed by atoms with van der Waals surface area (Å²) in [6.07, 6.45) is 0. The Hall–Kier alpha value is -2.02. The van der Waals surface area contributed by atoms with E-state index in [1.807, 2.05) is 32.0 Å². The van der Waals surface area contributed by atoms with Crippen LogP contribution in [0, 0.1) is 17.2 Å². The molecule has 1 amide bonds. The molecule has 0 saturated heterocycles. The highest BCUT2D eigenvalue weighted by atomic mass is 16.2. The van der Waals surface area contributed by atoms with E-state index in [-0.39, 0.29) is 11.8 Å². The molecule has 0 fully saturated rings. The number of nitriles is 1. The van der Waals surface area contributed by atoms with E-state index in [1.165, 1.54) is 0 Å². The van der Waals surface area contributed by atoms with Gasteiger partial charge in [0.1, 0.15) is 0 Å². The first kappa shape index (κ1) is 14.0. The number of carbonyl (C=O) groups is 1. The van der Waals surface area contributed by atoms with Gasteiger partial charge in [0.15, 0.2) is 0 Å². The Morgan fingerprint density at radius 2 is 2.17 bits per heavy atom. The summed E-state index contributed by atoms with van der Waals surface area (Å²) in [6, 6.07) is 9.55. The molecular formula is C14H19N3O. The maximum atomic E-state index is 12.4. The fourth-order valence-corrected chi connectivity index (χ4v) is 1.78. The van der Waals surface area contributed by atoms with Crippen molar-refractivity contribution in [3.8, 4) is 6.07 Å². The fourth-order valence-electron chi connectivity index (χ4n) is 1.78. The highest BCUT2D eigenvalue weighted by molar-refractivity contribution is 5.99. The molecule has 0 aromatic heterocycles. The van der Waals surface area contributed by atoms with E-state index in [0.29, 0.717) is 18.7 Å². The number of nitrogens with zero attached hydrogens (tertiary/aromatic N) is 2. The molecule has 1 N–H and O–H groups in total. The second kappa shape index (κ2) is 6.65. The van der Waals surface area contributed by atoms with Crippen LogP contribution in [-0.4, -0.2) is 30.9 Å². The minimum Gasteiger partial charge on any atom is -0.387 e. The second-order valence-electron chi connectivity index (χ2n) is 4.17. The fraction of sp³-hybridized carbons (Fsp3) is 0.429. The molecular weight excluding hydrogens is 226 g/mol. The van der Waals surface area contributed by atoms with Crippen LogP contribution in [0.4, 0.5) is 5.69 Å². The minimum absolute atomic E-state index is 0.0375. The number of nitrogens with one attached hydrogen (secondary N) is 1. The summed E-state index contributed by atoms with van der Waals surface area (Å²) in [4.78, 5) is 14.1. The monoisotopic (exact) mass is 245 g/mol. The number of para-hydroxylation sites is 1. The van der Waals surface area contributed by atoms with Gasteiger partial charge in [-0.3, -0.25) is 4.79 Å². The molecule has 0 aliphatic rings. The third-order valence-electron chi connectivity index (χ3n) is 2.81. The Morgan fingerprint density at radius 1 is 1.50 bits per heavy atom. The zero-order chi connectivity index (χ0) is 13.5. The van der Waals surface area contributed by atoms with Crippen LogP contribution in [-0.2, 0) is 0 Å². The van der Waals surface area contributed by atoms with Crippen LogP contribution >= 0.6 is 0 Å². The topological polar surface area (TPSA) is 56.1 Å². The molecule has 1 rings (SSSR count). The average Bonchev–Trinajstić information content (AvgIpc) is 2.43. The maximum Gasteiger partial charge on any atom is 0.255 e. The van der Waals surface area contributed by atoms with Gasteiger partial charge in [0.2, 0.25) is 0 Å². The lowest BCUT2D eigenvalue weighted by molar-refractivity contribution is 0.0753. The smallest absolute Gasteiger partial charge is 0.255 e. The van der Waals surface area contributed by atoms with Gasteiger partial charge in [-0.05, 0) is 26.0 Å². The van der Waals surface area contributed by atoms with Gasteiger partial charge in [-0.25, -0.2) is 0 Å². The normalized spacial score (nSPS) is 11.4. The summed E-state index contributed by atoms with van der Waals surface area (Å²) in [5.41, 5.74) is 1.46. The third kappa shape index (κ3) is 3.24. The van der Waals surface area contributed by atoms with Crippen molar-refractivity contribution in [3.63, 3.8) is 0 Å². The summed E-state index contributed by atoms with van der Waals surface area (Å²) in [6.45, 7) is 4.80. The lowest BCUT2D eigenvalue weighted by Gasteiger charge is -2.23. The van der Waals surface area contributed by atoms with Crippen molar-refractivity contribution in [3.05, 3.63) is 29.8 Å². The number of benzene rings is 1. The second-order valence-corrected chi connectivity index (χ2v) is 4.17. The molecule has 4 nitrogen and oxygen atoms in total. The van der Waals surface area contributed by atoms with Crippen LogP contribution < -0.4 is 5.32 Å². The first-order chi connectivity index (χ1) is 8.63. The Kier molecular flexibility index (Phi) is 5.19. The number of amides is 1. The van der Waals surface area contributed by atoms with E-state index in [4.69, 9.17) is 5.26 Å². The van der Waals surface area contributed by atoms with Crippen molar-refractivity contribution < 1.29 is 4.79 Å². The van der Waals surface area contributed by atoms with Gasteiger partial charge in [-0.2, -0.15) is 5.26 Å². The minimum atomic E-state index is -0.157. The van der Waals surface area contributed by atoms with E-state index < -0.39 is 0 Å². The first-order valence-electron chi connectivity index (χ1n) is 6.09. The highest BCUT2D eigenvalue weighted by Crippen LogP contribution is 2.17. The predicted molar refractivity (Wildman–Crippen MR) is 72.3 cm³/mol. The molecule has 1 aromatic rings. The van der Waals surface area contributed by atoms with Crippen molar-refractivity contribution in [2.24, 2.45) is 5.92 Å². The number of carbonyl (C=O) groups excluding carboxylic acids is 1. The van der Waals surface area contributed by atoms with Gasteiger partial charge >= 0.3 is 0 Å². The molecule has 96 valence electrons. The van der Waals surface area contributed by atoms with E-state index >= 15 is 0 Å². The zero-order valence-corrected chi connectivity index (χ0v) is 11.1. The van der Waals surface area contributed by atoms with Crippen LogP contribution in [0.2, 0.25) is 0 Å². The number of hydrogen-bond donors (Lipinski definition) is 1. The van der Waals surface area contributed by atoms with Crippen molar-refractivity contribution in [1.29, 1.82) is 5.26 Å². The molecule has 0 bridgehead atoms. The molecule has 0 saturated carbocycles. The summed E-state index contributed by atoms with van der Waals surface area (Å²) in [5.74, 6) is -0.194. The van der Waals surface area contributed by atoms with Gasteiger partial charge in [0.05, 0.1) is 17.6 Å². The van der Waals surface area contributed by atoms with E-state index in [9.17, 15) is 4.79 Å². The SMILES string of the molecule is CCN(CC(C)C#N)C(=O)c1ccccc1NC. The summed E-state index contributed by atoms with van der Waals surface area (Å²) >= 11 is 0. The van der Waals surface area contributed by atoms with Gasteiger partial charge in [0, 0.05) is 25.8 Å². The van der Waals surface area contributed by atoms with Gasteiger partial charge in [-0.1, -0.05) is 12.1 Å².